The predicted molar refractivity (Wildman–Crippen MR) is 113 cm³/mol. The van der Waals surface area contributed by atoms with E-state index >= 15 is 0 Å². The number of imide groups is 1. The first-order valence-corrected chi connectivity index (χ1v) is 10.8. The standard InChI is InChI=1S/C23H24N4O3/c1-30-16-7-3-6-15-18(16)19-20-17(13-4-2-5-14(13)21(19)25-15)22(28)27(23(20)29)12-26-10-8-24-9-11-26/h3,6-7,24-25H,2,4-5,8-12H2,1H3/p+1. The molecule has 0 spiro atoms. The number of hydrogen-bond donors (Lipinski definition) is 2. The first-order chi connectivity index (χ1) is 14.7. The molecule has 0 atom stereocenters. The lowest BCUT2D eigenvalue weighted by Gasteiger charge is -2.28. The SMILES string of the molecule is COc1cccc2[nH]c3c4c(c5c(c3c12)C(=O)N(CN1CC[NH2+]CC1)C5=O)CCC4. The largest absolute Gasteiger partial charge is 0.496 e. The molecule has 3 aliphatic rings. The van der Waals surface area contributed by atoms with Gasteiger partial charge in [0.2, 0.25) is 0 Å². The number of amides is 2. The Labute approximate surface area is 174 Å². The summed E-state index contributed by atoms with van der Waals surface area (Å²) in [5.41, 5.74) is 5.40. The number of carbonyl (C=O) groups is 2. The number of quaternary nitrogens is 1. The van der Waals surface area contributed by atoms with E-state index in [1.54, 1.807) is 7.11 Å². The Hall–Kier alpha value is -2.90. The van der Waals surface area contributed by atoms with Crippen molar-refractivity contribution in [2.75, 3.05) is 40.0 Å². The molecule has 3 aromatic rings. The molecule has 1 saturated heterocycles. The Kier molecular flexibility index (Phi) is 3.91. The Morgan fingerprint density at radius 1 is 1.03 bits per heavy atom. The van der Waals surface area contributed by atoms with Crippen LogP contribution in [0.15, 0.2) is 18.2 Å². The maximum absolute atomic E-state index is 13.7. The summed E-state index contributed by atoms with van der Waals surface area (Å²) >= 11 is 0. The van der Waals surface area contributed by atoms with Crippen LogP contribution in [0.3, 0.4) is 0 Å². The van der Waals surface area contributed by atoms with E-state index in [2.05, 4.69) is 15.2 Å². The number of hydrogen-bond acceptors (Lipinski definition) is 4. The summed E-state index contributed by atoms with van der Waals surface area (Å²) in [7, 11) is 1.65. The third-order valence-electron chi connectivity index (χ3n) is 6.89. The molecule has 7 heteroatoms. The molecule has 0 saturated carbocycles. The highest BCUT2D eigenvalue weighted by Crippen LogP contribution is 2.45. The van der Waals surface area contributed by atoms with Gasteiger partial charge in [0.1, 0.15) is 5.75 Å². The van der Waals surface area contributed by atoms with E-state index < -0.39 is 0 Å². The lowest BCUT2D eigenvalue weighted by atomic mass is 9.93. The summed E-state index contributed by atoms with van der Waals surface area (Å²) < 4.78 is 5.64. The van der Waals surface area contributed by atoms with Crippen LogP contribution in [0.5, 0.6) is 5.75 Å². The summed E-state index contributed by atoms with van der Waals surface area (Å²) in [6.45, 7) is 4.16. The van der Waals surface area contributed by atoms with Crippen molar-refractivity contribution in [3.8, 4) is 5.75 Å². The van der Waals surface area contributed by atoms with Crippen LogP contribution in [0, 0.1) is 0 Å². The smallest absolute Gasteiger partial charge is 0.263 e. The van der Waals surface area contributed by atoms with Gasteiger partial charge in [0, 0.05) is 18.5 Å². The second-order valence-electron chi connectivity index (χ2n) is 8.48. The summed E-state index contributed by atoms with van der Waals surface area (Å²) in [6, 6.07) is 5.87. The van der Waals surface area contributed by atoms with E-state index in [9.17, 15) is 9.59 Å². The van der Waals surface area contributed by atoms with Crippen LogP contribution in [0.4, 0.5) is 0 Å². The molecule has 3 heterocycles. The van der Waals surface area contributed by atoms with Crippen LogP contribution in [0.25, 0.3) is 21.8 Å². The first-order valence-electron chi connectivity index (χ1n) is 10.8. The van der Waals surface area contributed by atoms with E-state index in [0.717, 1.165) is 78.6 Å². The molecule has 7 nitrogen and oxygen atoms in total. The van der Waals surface area contributed by atoms with Crippen LogP contribution in [0.2, 0.25) is 0 Å². The van der Waals surface area contributed by atoms with Crippen molar-refractivity contribution in [3.63, 3.8) is 0 Å². The molecule has 0 bridgehead atoms. The highest BCUT2D eigenvalue weighted by atomic mass is 16.5. The van der Waals surface area contributed by atoms with E-state index in [1.807, 2.05) is 18.2 Å². The van der Waals surface area contributed by atoms with E-state index in [4.69, 9.17) is 4.74 Å². The molecular weight excluding hydrogens is 380 g/mol. The summed E-state index contributed by atoms with van der Waals surface area (Å²) in [4.78, 5) is 34.4. The van der Waals surface area contributed by atoms with Gasteiger partial charge >= 0.3 is 0 Å². The fourth-order valence-corrected chi connectivity index (χ4v) is 5.52. The summed E-state index contributed by atoms with van der Waals surface area (Å²) in [6.07, 6.45) is 2.79. The lowest BCUT2D eigenvalue weighted by molar-refractivity contribution is -0.663. The number of piperazine rings is 1. The van der Waals surface area contributed by atoms with Crippen LogP contribution in [-0.2, 0) is 12.8 Å². The summed E-state index contributed by atoms with van der Waals surface area (Å²) in [5, 5.41) is 4.02. The molecular formula is C23H25N4O3+. The maximum atomic E-state index is 13.7. The van der Waals surface area contributed by atoms with E-state index in [-0.39, 0.29) is 11.8 Å². The average molecular weight is 405 g/mol. The minimum absolute atomic E-state index is 0.131. The van der Waals surface area contributed by atoms with Crippen molar-refractivity contribution in [3.05, 3.63) is 40.5 Å². The van der Waals surface area contributed by atoms with Gasteiger partial charge in [-0.05, 0) is 42.5 Å². The highest BCUT2D eigenvalue weighted by Gasteiger charge is 2.43. The number of aryl methyl sites for hydroxylation is 1. The number of aromatic amines is 1. The molecule has 2 aromatic carbocycles. The van der Waals surface area contributed by atoms with Gasteiger partial charge in [-0.15, -0.1) is 0 Å². The topological polar surface area (TPSA) is 82.2 Å². The van der Waals surface area contributed by atoms with Crippen LogP contribution >= 0.6 is 0 Å². The predicted octanol–water partition coefficient (Wildman–Crippen LogP) is 1.25. The minimum Gasteiger partial charge on any atom is -0.496 e. The number of fused-ring (bicyclic) bond motifs is 8. The van der Waals surface area contributed by atoms with Gasteiger partial charge in [-0.25, -0.2) is 0 Å². The number of nitrogens with two attached hydrogens (primary N) is 1. The second kappa shape index (κ2) is 6.55. The van der Waals surface area contributed by atoms with Gasteiger partial charge < -0.3 is 15.0 Å². The monoisotopic (exact) mass is 405 g/mol. The molecule has 6 rings (SSSR count). The average Bonchev–Trinajstić information content (AvgIpc) is 3.45. The molecule has 154 valence electrons. The van der Waals surface area contributed by atoms with Gasteiger partial charge in [0.15, 0.2) is 0 Å². The molecule has 1 fully saturated rings. The minimum atomic E-state index is -0.170. The zero-order valence-corrected chi connectivity index (χ0v) is 17.1. The van der Waals surface area contributed by atoms with E-state index in [0.29, 0.717) is 17.8 Å². The zero-order chi connectivity index (χ0) is 20.4. The number of benzene rings is 2. The Bertz CT molecular complexity index is 1220. The van der Waals surface area contributed by atoms with Gasteiger partial charge in [-0.3, -0.25) is 19.4 Å². The van der Waals surface area contributed by atoms with Gasteiger partial charge in [0.05, 0.1) is 54.4 Å². The third kappa shape index (κ3) is 2.33. The number of carbonyl (C=O) groups excluding carboxylic acids is 2. The fraction of sp³-hybridized carbons (Fsp3) is 0.391. The van der Waals surface area contributed by atoms with Crippen molar-refractivity contribution in [1.82, 2.24) is 14.8 Å². The Balaban J connectivity index is 1.60. The maximum Gasteiger partial charge on any atom is 0.263 e. The van der Waals surface area contributed by atoms with Crippen LogP contribution < -0.4 is 10.1 Å². The van der Waals surface area contributed by atoms with Crippen molar-refractivity contribution in [2.45, 2.75) is 19.3 Å². The van der Waals surface area contributed by atoms with Gasteiger partial charge in [0.25, 0.3) is 11.8 Å². The molecule has 1 aliphatic carbocycles. The van der Waals surface area contributed by atoms with Crippen molar-refractivity contribution in [2.24, 2.45) is 0 Å². The van der Waals surface area contributed by atoms with Crippen molar-refractivity contribution >= 4 is 33.6 Å². The number of rotatable bonds is 3. The van der Waals surface area contributed by atoms with Gasteiger partial charge in [-0.1, -0.05) is 6.07 Å². The van der Waals surface area contributed by atoms with Crippen molar-refractivity contribution < 1.29 is 19.6 Å². The van der Waals surface area contributed by atoms with E-state index in [1.165, 1.54) is 10.5 Å². The zero-order valence-electron chi connectivity index (χ0n) is 17.1. The number of ether oxygens (including phenoxy) is 1. The molecule has 0 radical (unpaired) electrons. The van der Waals surface area contributed by atoms with Crippen LogP contribution in [0.1, 0.15) is 38.3 Å². The lowest BCUT2D eigenvalue weighted by Crippen LogP contribution is -2.89. The fourth-order valence-electron chi connectivity index (χ4n) is 5.52. The highest BCUT2D eigenvalue weighted by molar-refractivity contribution is 6.31. The van der Waals surface area contributed by atoms with Crippen LogP contribution in [-0.4, -0.2) is 66.6 Å². The Morgan fingerprint density at radius 3 is 2.60 bits per heavy atom. The molecule has 1 aromatic heterocycles. The molecule has 0 unspecified atom stereocenters. The quantitative estimate of drug-likeness (QED) is 0.643. The number of H-pyrrole nitrogens is 1. The van der Waals surface area contributed by atoms with Crippen molar-refractivity contribution in [1.29, 1.82) is 0 Å². The molecule has 30 heavy (non-hydrogen) atoms. The molecule has 2 aliphatic heterocycles. The number of methoxy groups -OCH3 is 1. The number of aromatic nitrogens is 1. The summed E-state index contributed by atoms with van der Waals surface area (Å²) in [5.74, 6) is 0.425. The second-order valence-corrected chi connectivity index (χ2v) is 8.48. The molecule has 2 amide bonds. The third-order valence-corrected chi connectivity index (χ3v) is 6.89. The number of nitrogens with one attached hydrogen (secondary N) is 1. The Morgan fingerprint density at radius 2 is 1.80 bits per heavy atom. The molecule has 3 N–H and O–H groups in total. The first kappa shape index (κ1) is 17.9. The number of nitrogens with zero attached hydrogens (tertiary/aromatic N) is 2. The van der Waals surface area contributed by atoms with Gasteiger partial charge in [-0.2, -0.15) is 0 Å². The normalized spacial score (nSPS) is 19.2.